The molecule has 8 heteroatoms. The van der Waals surface area contributed by atoms with Crippen molar-refractivity contribution in [2.75, 3.05) is 4.72 Å². The summed E-state index contributed by atoms with van der Waals surface area (Å²) in [5, 5.41) is 11.2. The summed E-state index contributed by atoms with van der Waals surface area (Å²) in [7, 11) is 0. The first-order chi connectivity index (χ1) is 14.7. The third kappa shape index (κ3) is 4.73. The van der Waals surface area contributed by atoms with E-state index < -0.39 is 4.92 Å². The van der Waals surface area contributed by atoms with Crippen LogP contribution >= 0.6 is 11.9 Å². The summed E-state index contributed by atoms with van der Waals surface area (Å²) >= 11 is 1.08. The van der Waals surface area contributed by atoms with Crippen molar-refractivity contribution < 1.29 is 9.66 Å². The van der Waals surface area contributed by atoms with Gasteiger partial charge in [-0.3, -0.25) is 14.8 Å². The summed E-state index contributed by atoms with van der Waals surface area (Å²) in [6.45, 7) is 0. The van der Waals surface area contributed by atoms with E-state index in [1.807, 2.05) is 60.7 Å². The average molecular weight is 416 g/mol. The summed E-state index contributed by atoms with van der Waals surface area (Å²) in [5.41, 5.74) is 1.58. The Hall–Kier alpha value is -3.91. The van der Waals surface area contributed by atoms with Crippen molar-refractivity contribution in [3.05, 3.63) is 101 Å². The van der Waals surface area contributed by atoms with Crippen molar-refractivity contribution in [2.45, 2.75) is 4.90 Å². The topological polar surface area (TPSA) is 90.2 Å². The van der Waals surface area contributed by atoms with Gasteiger partial charge in [0.05, 0.1) is 10.6 Å². The Labute approximate surface area is 177 Å². The fourth-order valence-electron chi connectivity index (χ4n) is 2.68. The van der Waals surface area contributed by atoms with E-state index in [-0.39, 0.29) is 11.6 Å². The minimum Gasteiger partial charge on any atom is -0.439 e. The summed E-state index contributed by atoms with van der Waals surface area (Å²) < 4.78 is 8.89. The van der Waals surface area contributed by atoms with E-state index in [0.29, 0.717) is 22.2 Å². The van der Waals surface area contributed by atoms with Gasteiger partial charge in [-0.05, 0) is 30.1 Å². The van der Waals surface area contributed by atoms with E-state index in [0.717, 1.165) is 17.5 Å². The number of aromatic nitrogens is 2. The highest BCUT2D eigenvalue weighted by Crippen LogP contribution is 2.31. The number of hydrogen-bond donors (Lipinski definition) is 1. The molecule has 0 aliphatic rings. The predicted molar refractivity (Wildman–Crippen MR) is 117 cm³/mol. The van der Waals surface area contributed by atoms with Crippen LogP contribution in [-0.4, -0.2) is 14.9 Å². The zero-order valence-corrected chi connectivity index (χ0v) is 16.5. The highest BCUT2D eigenvalue weighted by Gasteiger charge is 2.14. The number of anilines is 1. The standard InChI is InChI=1S/C22H16N4O3S/c27-26(28)19-13-7-8-14-20(19)30-25-22-23-18(16-9-3-1-4-10-16)15-21(24-22)29-17-11-5-2-6-12-17/h1-15H,(H,23,24,25). The van der Waals surface area contributed by atoms with Crippen molar-refractivity contribution in [3.8, 4) is 22.9 Å². The predicted octanol–water partition coefficient (Wildman–Crippen LogP) is 5.96. The molecule has 0 spiro atoms. The van der Waals surface area contributed by atoms with E-state index in [2.05, 4.69) is 14.7 Å². The van der Waals surface area contributed by atoms with Gasteiger partial charge < -0.3 is 4.74 Å². The molecule has 0 aliphatic heterocycles. The third-order valence-corrected chi connectivity index (χ3v) is 4.90. The summed E-state index contributed by atoms with van der Waals surface area (Å²) in [6, 6.07) is 27.2. The van der Waals surface area contributed by atoms with Crippen LogP contribution in [0, 0.1) is 10.1 Å². The van der Waals surface area contributed by atoms with Gasteiger partial charge in [0.15, 0.2) is 0 Å². The number of ether oxygens (including phenoxy) is 1. The SMILES string of the molecule is O=[N+]([O-])c1ccccc1SNc1nc(Oc2ccccc2)cc(-c2ccccc2)n1. The van der Waals surface area contributed by atoms with Gasteiger partial charge in [-0.2, -0.15) is 4.98 Å². The molecule has 4 aromatic rings. The minimum atomic E-state index is -0.421. The van der Waals surface area contributed by atoms with Crippen LogP contribution in [0.5, 0.6) is 11.6 Å². The average Bonchev–Trinajstić information content (AvgIpc) is 2.79. The lowest BCUT2D eigenvalue weighted by molar-refractivity contribution is -0.387. The molecular formula is C22H16N4O3S. The Morgan fingerprint density at radius 2 is 1.53 bits per heavy atom. The van der Waals surface area contributed by atoms with Crippen LogP contribution in [0.4, 0.5) is 11.6 Å². The van der Waals surface area contributed by atoms with Crippen molar-refractivity contribution in [1.29, 1.82) is 0 Å². The van der Waals surface area contributed by atoms with Crippen LogP contribution in [0.15, 0.2) is 95.9 Å². The molecule has 0 atom stereocenters. The van der Waals surface area contributed by atoms with Gasteiger partial charge in [0.2, 0.25) is 11.8 Å². The van der Waals surface area contributed by atoms with Crippen LogP contribution in [0.1, 0.15) is 0 Å². The van der Waals surface area contributed by atoms with Crippen molar-refractivity contribution in [3.63, 3.8) is 0 Å². The molecule has 0 aliphatic carbocycles. The Morgan fingerprint density at radius 3 is 2.27 bits per heavy atom. The zero-order chi connectivity index (χ0) is 20.8. The first kappa shape index (κ1) is 19.4. The summed E-state index contributed by atoms with van der Waals surface area (Å²) in [6.07, 6.45) is 0. The second-order valence-corrected chi connectivity index (χ2v) is 6.97. The molecule has 0 saturated carbocycles. The molecule has 148 valence electrons. The van der Waals surface area contributed by atoms with Gasteiger partial charge in [0, 0.05) is 17.7 Å². The number of nitro groups is 1. The fraction of sp³-hybridized carbons (Fsp3) is 0. The van der Waals surface area contributed by atoms with Crippen molar-refractivity contribution in [2.24, 2.45) is 0 Å². The Kier molecular flexibility index (Phi) is 5.86. The number of hydrogen-bond acceptors (Lipinski definition) is 7. The second-order valence-electron chi connectivity index (χ2n) is 6.13. The first-order valence-corrected chi connectivity index (χ1v) is 9.84. The molecule has 0 saturated heterocycles. The molecule has 1 heterocycles. The lowest BCUT2D eigenvalue weighted by atomic mass is 10.1. The van der Waals surface area contributed by atoms with E-state index in [1.165, 1.54) is 6.07 Å². The molecule has 0 fully saturated rings. The number of para-hydroxylation sites is 2. The van der Waals surface area contributed by atoms with Crippen LogP contribution in [0.2, 0.25) is 0 Å². The molecule has 30 heavy (non-hydrogen) atoms. The highest BCUT2D eigenvalue weighted by molar-refractivity contribution is 8.00. The van der Waals surface area contributed by atoms with Crippen LogP contribution in [-0.2, 0) is 0 Å². The third-order valence-electron chi connectivity index (χ3n) is 4.05. The molecule has 1 N–H and O–H groups in total. The van der Waals surface area contributed by atoms with Crippen LogP contribution < -0.4 is 9.46 Å². The number of nitro benzene ring substituents is 1. The summed E-state index contributed by atoms with van der Waals surface area (Å²) in [4.78, 5) is 20.2. The molecule has 0 unspecified atom stereocenters. The molecule has 1 aromatic heterocycles. The Balaban J connectivity index is 1.65. The largest absolute Gasteiger partial charge is 0.439 e. The maximum Gasteiger partial charge on any atom is 0.284 e. The van der Waals surface area contributed by atoms with Crippen molar-refractivity contribution >= 4 is 23.6 Å². The molecule has 7 nitrogen and oxygen atoms in total. The van der Waals surface area contributed by atoms with E-state index in [9.17, 15) is 10.1 Å². The van der Waals surface area contributed by atoms with E-state index >= 15 is 0 Å². The van der Waals surface area contributed by atoms with Crippen LogP contribution in [0.3, 0.4) is 0 Å². The lowest BCUT2D eigenvalue weighted by Crippen LogP contribution is -2.00. The first-order valence-electron chi connectivity index (χ1n) is 9.03. The maximum atomic E-state index is 11.2. The minimum absolute atomic E-state index is 0.00923. The molecule has 0 radical (unpaired) electrons. The molecule has 3 aromatic carbocycles. The van der Waals surface area contributed by atoms with E-state index in [1.54, 1.807) is 24.3 Å². The molecule has 0 bridgehead atoms. The molecule has 4 rings (SSSR count). The van der Waals surface area contributed by atoms with Gasteiger partial charge in [-0.15, -0.1) is 0 Å². The van der Waals surface area contributed by atoms with Gasteiger partial charge >= 0.3 is 0 Å². The van der Waals surface area contributed by atoms with Gasteiger partial charge in [-0.25, -0.2) is 4.98 Å². The van der Waals surface area contributed by atoms with Gasteiger partial charge in [0.1, 0.15) is 10.6 Å². The normalized spacial score (nSPS) is 10.4. The second kappa shape index (κ2) is 9.06. The zero-order valence-electron chi connectivity index (χ0n) is 15.6. The number of rotatable bonds is 7. The number of benzene rings is 3. The fourth-order valence-corrected chi connectivity index (χ4v) is 3.37. The van der Waals surface area contributed by atoms with Gasteiger partial charge in [-0.1, -0.05) is 60.7 Å². The number of nitrogens with zero attached hydrogens (tertiary/aromatic N) is 3. The van der Waals surface area contributed by atoms with Crippen molar-refractivity contribution in [1.82, 2.24) is 9.97 Å². The number of nitrogens with one attached hydrogen (secondary N) is 1. The monoisotopic (exact) mass is 416 g/mol. The van der Waals surface area contributed by atoms with Gasteiger partial charge in [0.25, 0.3) is 5.69 Å². The molecule has 0 amide bonds. The summed E-state index contributed by atoms with van der Waals surface area (Å²) in [5.74, 6) is 1.29. The van der Waals surface area contributed by atoms with Crippen LogP contribution in [0.25, 0.3) is 11.3 Å². The Bertz CT molecular complexity index is 1160. The Morgan fingerprint density at radius 1 is 0.867 bits per heavy atom. The lowest BCUT2D eigenvalue weighted by Gasteiger charge is -2.10. The molecular weight excluding hydrogens is 400 g/mol. The smallest absolute Gasteiger partial charge is 0.284 e. The maximum absolute atomic E-state index is 11.2. The highest BCUT2D eigenvalue weighted by atomic mass is 32.2. The quantitative estimate of drug-likeness (QED) is 0.226. The van der Waals surface area contributed by atoms with E-state index in [4.69, 9.17) is 4.74 Å².